The molecule has 90 valence electrons. The van der Waals surface area contributed by atoms with Crippen LogP contribution in [0.3, 0.4) is 0 Å². The molecular formula is C14H10FNO2. The summed E-state index contributed by atoms with van der Waals surface area (Å²) in [6.45, 7) is 1.80. The van der Waals surface area contributed by atoms with Crippen LogP contribution in [-0.2, 0) is 0 Å². The zero-order valence-corrected chi connectivity index (χ0v) is 9.66. The fraction of sp³-hybridized carbons (Fsp3) is 0.0714. The number of nitrogens with one attached hydrogen (secondary N) is 1. The van der Waals surface area contributed by atoms with Crippen LogP contribution in [0.25, 0.3) is 10.9 Å². The molecule has 0 unspecified atom stereocenters. The number of carbonyl (C=O) groups excluding carboxylic acids is 1. The van der Waals surface area contributed by atoms with Crippen molar-refractivity contribution in [1.82, 2.24) is 4.98 Å². The van der Waals surface area contributed by atoms with Crippen LogP contribution >= 0.6 is 0 Å². The normalized spacial score (nSPS) is 11.0. The van der Waals surface area contributed by atoms with E-state index in [0.717, 1.165) is 11.1 Å². The van der Waals surface area contributed by atoms with Gasteiger partial charge in [-0.05, 0) is 36.8 Å². The van der Waals surface area contributed by atoms with Gasteiger partial charge in [-0.2, -0.15) is 0 Å². The van der Waals surface area contributed by atoms with Gasteiger partial charge in [-0.1, -0.05) is 0 Å². The molecule has 0 atom stereocenters. The smallest absolute Gasteiger partial charge is 0.230 e. The van der Waals surface area contributed by atoms with E-state index < -0.39 is 0 Å². The molecule has 1 aromatic carbocycles. The molecule has 0 aliphatic carbocycles. The summed E-state index contributed by atoms with van der Waals surface area (Å²) >= 11 is 0. The highest BCUT2D eigenvalue weighted by Crippen LogP contribution is 2.23. The Kier molecular flexibility index (Phi) is 2.30. The Labute approximate surface area is 102 Å². The van der Waals surface area contributed by atoms with Crippen LogP contribution in [0.4, 0.5) is 4.39 Å². The van der Waals surface area contributed by atoms with E-state index in [-0.39, 0.29) is 11.6 Å². The van der Waals surface area contributed by atoms with E-state index >= 15 is 0 Å². The largest absolute Gasteiger partial charge is 0.461 e. The average Bonchev–Trinajstić information content (AvgIpc) is 2.94. The third-order valence-corrected chi connectivity index (χ3v) is 2.96. The van der Waals surface area contributed by atoms with E-state index in [4.69, 9.17) is 4.42 Å². The number of fused-ring (bicyclic) bond motifs is 1. The lowest BCUT2D eigenvalue weighted by Crippen LogP contribution is -2.00. The minimum absolute atomic E-state index is 0.241. The molecule has 0 aliphatic heterocycles. The number of aromatic amines is 1. The van der Waals surface area contributed by atoms with Crippen molar-refractivity contribution < 1.29 is 13.6 Å². The van der Waals surface area contributed by atoms with E-state index in [9.17, 15) is 9.18 Å². The first-order chi connectivity index (χ1) is 8.66. The number of hydrogen-bond donors (Lipinski definition) is 1. The highest BCUT2D eigenvalue weighted by molar-refractivity contribution is 6.15. The summed E-state index contributed by atoms with van der Waals surface area (Å²) in [5.41, 5.74) is 1.91. The standard InChI is InChI=1S/C14H10FNO2/c1-8-4-5-18-14(8)13(17)11-7-16-12-3-2-9(15)6-10(11)12/h2-7,16H,1H3. The van der Waals surface area contributed by atoms with Crippen molar-refractivity contribution in [2.75, 3.05) is 0 Å². The van der Waals surface area contributed by atoms with Crippen LogP contribution in [0.2, 0.25) is 0 Å². The summed E-state index contributed by atoms with van der Waals surface area (Å²) in [6, 6.07) is 6.03. The molecule has 0 saturated heterocycles. The molecule has 2 aromatic heterocycles. The van der Waals surface area contributed by atoms with Crippen molar-refractivity contribution in [3.8, 4) is 0 Å². The fourth-order valence-electron chi connectivity index (χ4n) is 2.01. The number of aromatic nitrogens is 1. The SMILES string of the molecule is Cc1ccoc1C(=O)c1c[nH]c2ccc(F)cc12. The summed E-state index contributed by atoms with van der Waals surface area (Å²) in [5, 5.41) is 0.566. The quantitative estimate of drug-likeness (QED) is 0.701. The third kappa shape index (κ3) is 1.54. The van der Waals surface area contributed by atoms with Crippen molar-refractivity contribution in [2.45, 2.75) is 6.92 Å². The van der Waals surface area contributed by atoms with E-state index in [1.807, 2.05) is 0 Å². The zero-order valence-electron chi connectivity index (χ0n) is 9.66. The molecule has 3 aromatic rings. The number of carbonyl (C=O) groups is 1. The number of halogens is 1. The van der Waals surface area contributed by atoms with Crippen molar-refractivity contribution in [3.63, 3.8) is 0 Å². The van der Waals surface area contributed by atoms with Gasteiger partial charge >= 0.3 is 0 Å². The Morgan fingerprint density at radius 1 is 1.33 bits per heavy atom. The lowest BCUT2D eigenvalue weighted by Gasteiger charge is -1.97. The van der Waals surface area contributed by atoms with Crippen LogP contribution in [0.5, 0.6) is 0 Å². The van der Waals surface area contributed by atoms with Crippen LogP contribution in [0.15, 0.2) is 41.1 Å². The summed E-state index contributed by atoms with van der Waals surface area (Å²) in [5.74, 6) is -0.318. The molecule has 18 heavy (non-hydrogen) atoms. The molecule has 0 amide bonds. The van der Waals surface area contributed by atoms with Gasteiger partial charge in [0.05, 0.1) is 11.8 Å². The van der Waals surface area contributed by atoms with Gasteiger partial charge in [-0.25, -0.2) is 4.39 Å². The van der Waals surface area contributed by atoms with E-state index in [1.54, 1.807) is 25.3 Å². The minimum Gasteiger partial charge on any atom is -0.461 e. The molecule has 4 heteroatoms. The monoisotopic (exact) mass is 243 g/mol. The average molecular weight is 243 g/mol. The summed E-state index contributed by atoms with van der Waals surface area (Å²) < 4.78 is 18.4. The highest BCUT2D eigenvalue weighted by Gasteiger charge is 2.18. The molecule has 3 rings (SSSR count). The van der Waals surface area contributed by atoms with E-state index in [0.29, 0.717) is 16.7 Å². The lowest BCUT2D eigenvalue weighted by atomic mass is 10.1. The molecule has 0 saturated carbocycles. The topological polar surface area (TPSA) is 46.0 Å². The summed E-state index contributed by atoms with van der Waals surface area (Å²) in [4.78, 5) is 15.2. The van der Waals surface area contributed by atoms with Gasteiger partial charge in [0.1, 0.15) is 5.82 Å². The lowest BCUT2D eigenvalue weighted by molar-refractivity contribution is 0.101. The molecule has 0 aliphatic rings. The third-order valence-electron chi connectivity index (χ3n) is 2.96. The van der Waals surface area contributed by atoms with Gasteiger partial charge in [0.15, 0.2) is 5.76 Å². The van der Waals surface area contributed by atoms with Crippen LogP contribution in [0.1, 0.15) is 21.7 Å². The number of furan rings is 1. The first-order valence-corrected chi connectivity index (χ1v) is 5.52. The van der Waals surface area contributed by atoms with Crippen molar-refractivity contribution in [1.29, 1.82) is 0 Å². The Balaban J connectivity index is 2.18. The predicted molar refractivity (Wildman–Crippen MR) is 65.1 cm³/mol. The van der Waals surface area contributed by atoms with Crippen LogP contribution in [-0.4, -0.2) is 10.8 Å². The Morgan fingerprint density at radius 2 is 2.17 bits per heavy atom. The Bertz CT molecular complexity index is 739. The molecule has 1 N–H and O–H groups in total. The van der Waals surface area contributed by atoms with Crippen molar-refractivity contribution in [3.05, 3.63) is 59.4 Å². The minimum atomic E-state index is -0.368. The highest BCUT2D eigenvalue weighted by atomic mass is 19.1. The van der Waals surface area contributed by atoms with Gasteiger partial charge in [0.25, 0.3) is 0 Å². The zero-order chi connectivity index (χ0) is 12.7. The van der Waals surface area contributed by atoms with Crippen LogP contribution < -0.4 is 0 Å². The molecule has 0 bridgehead atoms. The van der Waals surface area contributed by atoms with Crippen molar-refractivity contribution in [2.24, 2.45) is 0 Å². The molecule has 2 heterocycles. The van der Waals surface area contributed by atoms with Gasteiger partial charge in [-0.3, -0.25) is 4.79 Å². The number of hydrogen-bond acceptors (Lipinski definition) is 2. The predicted octanol–water partition coefficient (Wildman–Crippen LogP) is 3.44. The first kappa shape index (κ1) is 10.8. The number of aryl methyl sites for hydroxylation is 1. The molecule has 0 radical (unpaired) electrons. The molecule has 0 fully saturated rings. The molecular weight excluding hydrogens is 233 g/mol. The van der Waals surface area contributed by atoms with Gasteiger partial charge in [-0.15, -0.1) is 0 Å². The first-order valence-electron chi connectivity index (χ1n) is 5.52. The Morgan fingerprint density at radius 3 is 2.89 bits per heavy atom. The fourth-order valence-corrected chi connectivity index (χ4v) is 2.01. The maximum atomic E-state index is 13.2. The number of rotatable bonds is 2. The van der Waals surface area contributed by atoms with Gasteiger partial charge in [0, 0.05) is 17.1 Å². The number of ketones is 1. The van der Waals surface area contributed by atoms with E-state index in [2.05, 4.69) is 4.98 Å². The molecule has 0 spiro atoms. The van der Waals surface area contributed by atoms with Crippen LogP contribution in [0, 0.1) is 12.7 Å². The van der Waals surface area contributed by atoms with Gasteiger partial charge < -0.3 is 9.40 Å². The second kappa shape index (κ2) is 3.84. The number of benzene rings is 1. The summed E-state index contributed by atoms with van der Waals surface area (Å²) in [6.07, 6.45) is 3.05. The van der Waals surface area contributed by atoms with E-state index in [1.165, 1.54) is 18.4 Å². The summed E-state index contributed by atoms with van der Waals surface area (Å²) in [7, 11) is 0. The molecule has 3 nitrogen and oxygen atoms in total. The van der Waals surface area contributed by atoms with Crippen molar-refractivity contribution >= 4 is 16.7 Å². The number of H-pyrrole nitrogens is 1. The maximum Gasteiger partial charge on any atom is 0.230 e. The van der Waals surface area contributed by atoms with Gasteiger partial charge in [0.2, 0.25) is 5.78 Å². The second-order valence-electron chi connectivity index (χ2n) is 4.15. The Hall–Kier alpha value is -2.36. The maximum absolute atomic E-state index is 13.2. The second-order valence-corrected chi connectivity index (χ2v) is 4.15.